The third-order valence-electron chi connectivity index (χ3n) is 2.40. The van der Waals surface area contributed by atoms with Crippen LogP contribution in [-0.2, 0) is 0 Å². The van der Waals surface area contributed by atoms with Gasteiger partial charge in [-0.15, -0.1) is 24.0 Å². The van der Waals surface area contributed by atoms with Gasteiger partial charge in [0, 0.05) is 25.6 Å². The zero-order valence-corrected chi connectivity index (χ0v) is 12.8. The predicted octanol–water partition coefficient (Wildman–Crippen LogP) is 3.05. The molecule has 18 heavy (non-hydrogen) atoms. The van der Waals surface area contributed by atoms with Crippen LogP contribution in [0.4, 0.5) is 13.2 Å². The summed E-state index contributed by atoms with van der Waals surface area (Å²) in [6.45, 7) is 3.17. The molecule has 1 fully saturated rings. The first-order valence-corrected chi connectivity index (χ1v) is 6.13. The average molecular weight is 379 g/mol. The van der Waals surface area contributed by atoms with E-state index in [2.05, 4.69) is 15.6 Å². The van der Waals surface area contributed by atoms with Crippen molar-refractivity contribution >= 4 is 29.9 Å². The second kappa shape index (κ2) is 8.82. The van der Waals surface area contributed by atoms with Crippen molar-refractivity contribution in [1.29, 1.82) is 0 Å². The van der Waals surface area contributed by atoms with Crippen LogP contribution >= 0.6 is 24.0 Å². The molecule has 0 saturated heterocycles. The Morgan fingerprint density at radius 1 is 1.28 bits per heavy atom. The molecule has 1 rings (SSSR count). The van der Waals surface area contributed by atoms with Gasteiger partial charge in [-0.25, -0.2) is 0 Å². The fourth-order valence-electron chi connectivity index (χ4n) is 1.37. The van der Waals surface area contributed by atoms with E-state index >= 15 is 0 Å². The van der Waals surface area contributed by atoms with Crippen LogP contribution in [0.2, 0.25) is 0 Å². The van der Waals surface area contributed by atoms with E-state index in [0.29, 0.717) is 19.0 Å². The highest BCUT2D eigenvalue weighted by atomic mass is 127. The number of halogens is 4. The highest BCUT2D eigenvalue weighted by Crippen LogP contribution is 2.22. The number of hydrogen-bond donors (Lipinski definition) is 2. The summed E-state index contributed by atoms with van der Waals surface area (Å²) in [6.07, 6.45) is -1.83. The normalized spacial score (nSPS) is 16.1. The number of hydrogen-bond acceptors (Lipinski definition) is 1. The van der Waals surface area contributed by atoms with Crippen molar-refractivity contribution in [2.24, 2.45) is 4.99 Å². The van der Waals surface area contributed by atoms with Gasteiger partial charge >= 0.3 is 6.18 Å². The number of nitrogens with one attached hydrogen (secondary N) is 2. The fourth-order valence-corrected chi connectivity index (χ4v) is 1.37. The Morgan fingerprint density at radius 3 is 2.44 bits per heavy atom. The van der Waals surface area contributed by atoms with Crippen LogP contribution in [0.25, 0.3) is 0 Å². The third-order valence-corrected chi connectivity index (χ3v) is 2.40. The molecule has 1 aliphatic carbocycles. The largest absolute Gasteiger partial charge is 0.389 e. The SMILES string of the molecule is CCNC(=NCCCCC(F)(F)F)NC1CC1.I. The second-order valence-corrected chi connectivity index (χ2v) is 4.25. The molecule has 0 atom stereocenters. The van der Waals surface area contributed by atoms with Crippen LogP contribution in [-0.4, -0.2) is 31.3 Å². The number of nitrogens with zero attached hydrogens (tertiary/aromatic N) is 1. The molecule has 0 heterocycles. The molecular weight excluding hydrogens is 358 g/mol. The Balaban J connectivity index is 0.00000289. The predicted molar refractivity (Wildman–Crippen MR) is 77.5 cm³/mol. The van der Waals surface area contributed by atoms with Crippen LogP contribution in [0.15, 0.2) is 4.99 Å². The summed E-state index contributed by atoms with van der Waals surface area (Å²) >= 11 is 0. The third kappa shape index (κ3) is 9.78. The number of guanidine groups is 1. The van der Waals surface area contributed by atoms with Gasteiger partial charge in [-0.3, -0.25) is 4.99 Å². The number of rotatable bonds is 6. The van der Waals surface area contributed by atoms with Crippen LogP contribution in [0.5, 0.6) is 0 Å². The van der Waals surface area contributed by atoms with E-state index in [0.717, 1.165) is 25.3 Å². The van der Waals surface area contributed by atoms with Gasteiger partial charge in [-0.2, -0.15) is 13.2 Å². The minimum Gasteiger partial charge on any atom is -0.357 e. The maximum absolute atomic E-state index is 11.9. The van der Waals surface area contributed by atoms with Crippen LogP contribution in [0, 0.1) is 0 Å². The monoisotopic (exact) mass is 379 g/mol. The number of aliphatic imine (C=N–C) groups is 1. The summed E-state index contributed by atoms with van der Waals surface area (Å²) < 4.78 is 35.6. The van der Waals surface area contributed by atoms with E-state index in [9.17, 15) is 13.2 Å². The molecular formula is C11H21F3IN3. The first kappa shape index (κ1) is 17.8. The molecule has 0 bridgehead atoms. The molecule has 0 spiro atoms. The van der Waals surface area contributed by atoms with Gasteiger partial charge in [-0.1, -0.05) is 0 Å². The molecule has 7 heteroatoms. The summed E-state index contributed by atoms with van der Waals surface area (Å²) in [7, 11) is 0. The van der Waals surface area contributed by atoms with Crippen LogP contribution in [0.3, 0.4) is 0 Å². The lowest BCUT2D eigenvalue weighted by Crippen LogP contribution is -2.38. The maximum atomic E-state index is 11.9. The lowest BCUT2D eigenvalue weighted by atomic mass is 10.2. The van der Waals surface area contributed by atoms with Gasteiger partial charge in [-0.05, 0) is 32.6 Å². The molecule has 0 unspecified atom stereocenters. The lowest BCUT2D eigenvalue weighted by molar-refractivity contribution is -0.135. The van der Waals surface area contributed by atoms with E-state index in [1.807, 2.05) is 6.92 Å². The summed E-state index contributed by atoms with van der Waals surface area (Å²) in [6, 6.07) is 0.503. The van der Waals surface area contributed by atoms with Crippen molar-refractivity contribution < 1.29 is 13.2 Å². The van der Waals surface area contributed by atoms with Gasteiger partial charge in [0.15, 0.2) is 5.96 Å². The Morgan fingerprint density at radius 2 is 1.94 bits per heavy atom. The van der Waals surface area contributed by atoms with Crippen LogP contribution in [0.1, 0.15) is 39.0 Å². The van der Waals surface area contributed by atoms with Crippen LogP contribution < -0.4 is 10.6 Å². The lowest BCUT2D eigenvalue weighted by Gasteiger charge is -2.10. The molecule has 0 aromatic carbocycles. The zero-order chi connectivity index (χ0) is 12.7. The Labute approximate surface area is 123 Å². The first-order valence-electron chi connectivity index (χ1n) is 6.13. The quantitative estimate of drug-likeness (QED) is 0.322. The Hall–Kier alpha value is -0.210. The Bertz CT molecular complexity index is 252. The van der Waals surface area contributed by atoms with E-state index in [1.165, 1.54) is 0 Å². The molecule has 0 radical (unpaired) electrons. The maximum Gasteiger partial charge on any atom is 0.389 e. The second-order valence-electron chi connectivity index (χ2n) is 4.25. The van der Waals surface area contributed by atoms with Gasteiger partial charge in [0.2, 0.25) is 0 Å². The molecule has 0 amide bonds. The van der Waals surface area contributed by atoms with Gasteiger partial charge in [0.1, 0.15) is 0 Å². The summed E-state index contributed by atoms with van der Waals surface area (Å²) in [4.78, 5) is 4.24. The van der Waals surface area contributed by atoms with Crippen molar-refractivity contribution in [1.82, 2.24) is 10.6 Å². The van der Waals surface area contributed by atoms with E-state index in [1.54, 1.807) is 0 Å². The van der Waals surface area contributed by atoms with E-state index < -0.39 is 12.6 Å². The minimum absolute atomic E-state index is 0. The van der Waals surface area contributed by atoms with E-state index in [-0.39, 0.29) is 30.4 Å². The zero-order valence-electron chi connectivity index (χ0n) is 10.5. The molecule has 108 valence electrons. The van der Waals surface area contributed by atoms with Crippen molar-refractivity contribution in [3.05, 3.63) is 0 Å². The van der Waals surface area contributed by atoms with Crippen molar-refractivity contribution in [2.45, 2.75) is 51.2 Å². The summed E-state index contributed by atoms with van der Waals surface area (Å²) in [5, 5.41) is 6.29. The van der Waals surface area contributed by atoms with Crippen molar-refractivity contribution in [3.63, 3.8) is 0 Å². The standard InChI is InChI=1S/C11H20F3N3.HI/c1-2-15-10(17-9-5-6-9)16-8-4-3-7-11(12,13)14;/h9H,2-8H2,1H3,(H2,15,16,17);1H. The molecule has 0 aromatic heterocycles. The molecule has 2 N–H and O–H groups in total. The Kier molecular flexibility index (Phi) is 8.71. The summed E-state index contributed by atoms with van der Waals surface area (Å²) in [5.74, 6) is 0.724. The average Bonchev–Trinajstić information content (AvgIpc) is 2.99. The molecule has 3 nitrogen and oxygen atoms in total. The molecule has 1 saturated carbocycles. The molecule has 0 aromatic rings. The minimum atomic E-state index is -4.04. The van der Waals surface area contributed by atoms with Gasteiger partial charge in [0.25, 0.3) is 0 Å². The molecule has 0 aliphatic heterocycles. The number of alkyl halides is 3. The molecule has 1 aliphatic rings. The topological polar surface area (TPSA) is 36.4 Å². The van der Waals surface area contributed by atoms with E-state index in [4.69, 9.17) is 0 Å². The highest BCUT2D eigenvalue weighted by molar-refractivity contribution is 14.0. The summed E-state index contributed by atoms with van der Waals surface area (Å²) in [5.41, 5.74) is 0. The highest BCUT2D eigenvalue weighted by Gasteiger charge is 2.25. The van der Waals surface area contributed by atoms with Gasteiger partial charge < -0.3 is 10.6 Å². The van der Waals surface area contributed by atoms with Crippen molar-refractivity contribution in [2.75, 3.05) is 13.1 Å². The fraction of sp³-hybridized carbons (Fsp3) is 0.909. The number of unbranched alkanes of at least 4 members (excludes halogenated alkanes) is 1. The van der Waals surface area contributed by atoms with Crippen molar-refractivity contribution in [3.8, 4) is 0 Å². The smallest absolute Gasteiger partial charge is 0.357 e. The first-order chi connectivity index (χ1) is 8.01. The van der Waals surface area contributed by atoms with Gasteiger partial charge in [0.05, 0.1) is 0 Å².